The fraction of sp³-hybridized carbons (Fsp3) is 0.100. The van der Waals surface area contributed by atoms with E-state index in [1.54, 1.807) is 24.3 Å². The summed E-state index contributed by atoms with van der Waals surface area (Å²) >= 11 is 0. The number of nitrogens with two attached hydrogens (primary N) is 1. The molecule has 1 atom stereocenters. The van der Waals surface area contributed by atoms with Gasteiger partial charge in [0.2, 0.25) is 0 Å². The van der Waals surface area contributed by atoms with Gasteiger partial charge in [-0.3, -0.25) is 4.72 Å². The first-order valence-electron chi connectivity index (χ1n) is 8.77. The van der Waals surface area contributed by atoms with E-state index in [-0.39, 0.29) is 40.9 Å². The van der Waals surface area contributed by atoms with E-state index in [1.807, 2.05) is 0 Å². The van der Waals surface area contributed by atoms with Gasteiger partial charge in [-0.25, -0.2) is 22.8 Å². The number of nitrogens with zero attached hydrogens (tertiary/aromatic N) is 1. The summed E-state index contributed by atoms with van der Waals surface area (Å²) in [5.41, 5.74) is 5.90. The van der Waals surface area contributed by atoms with E-state index in [4.69, 9.17) is 15.2 Å². The Morgan fingerprint density at radius 1 is 1.00 bits per heavy atom. The summed E-state index contributed by atoms with van der Waals surface area (Å²) in [7, 11) is -2.09. The Balaban J connectivity index is 1.85. The highest BCUT2D eigenvalue weighted by Crippen LogP contribution is 2.35. The van der Waals surface area contributed by atoms with Gasteiger partial charge in [0.05, 0.1) is 11.3 Å². The Bertz CT molecular complexity index is 1170. The molecule has 0 saturated heterocycles. The second-order valence-electron chi connectivity index (χ2n) is 6.28. The molecule has 2 heterocycles. The number of anilines is 2. The number of halogens is 2. The normalized spacial score (nSPS) is 16.2. The van der Waals surface area contributed by atoms with E-state index in [0.29, 0.717) is 17.4 Å². The summed E-state index contributed by atoms with van der Waals surface area (Å²) in [6.45, 7) is -0.0980. The largest absolute Gasteiger partial charge is 0.489 e. The fourth-order valence-electron chi connectivity index (χ4n) is 2.91. The number of nitrogens with one attached hydrogen (secondary N) is 1. The molecule has 3 aromatic rings. The second kappa shape index (κ2) is 8.07. The lowest BCUT2D eigenvalue weighted by molar-refractivity contribution is 0.0450. The summed E-state index contributed by atoms with van der Waals surface area (Å²) in [4.78, 5) is 16.2. The number of benzene rings is 2. The van der Waals surface area contributed by atoms with Crippen molar-refractivity contribution in [3.8, 4) is 16.9 Å². The molecule has 4 rings (SSSR count). The van der Waals surface area contributed by atoms with Crippen LogP contribution in [0.2, 0.25) is 0 Å². The van der Waals surface area contributed by atoms with Gasteiger partial charge in [0, 0.05) is 17.2 Å². The van der Waals surface area contributed by atoms with Crippen LogP contribution in [-0.4, -0.2) is 28.4 Å². The van der Waals surface area contributed by atoms with Crippen molar-refractivity contribution in [2.24, 2.45) is 0 Å². The maximum atomic E-state index is 14.6. The zero-order chi connectivity index (χ0) is 21.3. The lowest BCUT2D eigenvalue weighted by atomic mass is 10.0. The monoisotopic (exact) mass is 431 g/mol. The number of para-hydroxylation sites is 1. The average molecular weight is 431 g/mol. The number of cyclic esters (lactones) is 1. The summed E-state index contributed by atoms with van der Waals surface area (Å²) in [6.07, 6.45) is 0. The smallest absolute Gasteiger partial charge is 0.338 e. The number of rotatable bonds is 0. The number of nitrogen functional groups attached to an aromatic ring is 1. The Labute approximate surface area is 172 Å². The van der Waals surface area contributed by atoms with Gasteiger partial charge in [0.15, 0.2) is 16.0 Å². The van der Waals surface area contributed by atoms with Crippen LogP contribution in [0.5, 0.6) is 5.75 Å². The second-order valence-corrected chi connectivity index (χ2v) is 7.44. The number of carbonyl (C=O) groups is 1. The molecule has 1 unspecified atom stereocenters. The SMILES string of the molecule is Nc1cc2cc(n1)S(=O)Nc1cc(c(F)cc1F)-c1ccccc1OCCOC2=O. The molecule has 7 nitrogen and oxygen atoms in total. The molecule has 4 bridgehead atoms. The number of ether oxygens (including phenoxy) is 2. The Morgan fingerprint density at radius 2 is 1.77 bits per heavy atom. The van der Waals surface area contributed by atoms with Crippen LogP contribution in [0.1, 0.15) is 10.4 Å². The number of hydrogen-bond acceptors (Lipinski definition) is 6. The topological polar surface area (TPSA) is 104 Å². The zero-order valence-corrected chi connectivity index (χ0v) is 16.2. The molecule has 0 spiro atoms. The lowest BCUT2D eigenvalue weighted by Crippen LogP contribution is -2.14. The standard InChI is InChI=1S/C20H15F2N3O4S/c21-14-10-15(22)16-9-13(14)12-3-1-2-4-17(12)28-5-6-29-20(26)11-7-18(23)24-19(8-11)30(27)25-16/h1-4,7-10,25H,5-6H2,(H2,23,24). The molecule has 1 aliphatic heterocycles. The molecule has 2 aromatic carbocycles. The third-order valence-electron chi connectivity index (χ3n) is 4.26. The molecule has 0 radical (unpaired) electrons. The molecule has 10 heteroatoms. The molecule has 0 fully saturated rings. The van der Waals surface area contributed by atoms with Gasteiger partial charge in [-0.1, -0.05) is 18.2 Å². The van der Waals surface area contributed by atoms with Crippen molar-refractivity contribution in [3.63, 3.8) is 0 Å². The first kappa shape index (κ1) is 19.8. The van der Waals surface area contributed by atoms with E-state index in [1.165, 1.54) is 18.2 Å². The minimum absolute atomic E-state index is 0.00394. The molecule has 3 N–H and O–H groups in total. The van der Waals surface area contributed by atoms with Crippen LogP contribution in [0.25, 0.3) is 11.1 Å². The quantitative estimate of drug-likeness (QED) is 0.530. The number of pyridine rings is 1. The summed E-state index contributed by atoms with van der Waals surface area (Å²) in [5.74, 6) is -2.24. The number of carbonyl (C=O) groups excluding carboxylic acids is 1. The van der Waals surface area contributed by atoms with Gasteiger partial charge in [-0.15, -0.1) is 0 Å². The maximum Gasteiger partial charge on any atom is 0.338 e. The average Bonchev–Trinajstić information content (AvgIpc) is 2.72. The van der Waals surface area contributed by atoms with Gasteiger partial charge < -0.3 is 15.2 Å². The third kappa shape index (κ3) is 3.94. The van der Waals surface area contributed by atoms with Crippen molar-refractivity contribution in [2.45, 2.75) is 5.03 Å². The van der Waals surface area contributed by atoms with E-state index in [0.717, 1.165) is 0 Å². The number of aromatic nitrogens is 1. The molecule has 1 aromatic heterocycles. The van der Waals surface area contributed by atoms with Crippen LogP contribution >= 0.6 is 0 Å². The van der Waals surface area contributed by atoms with Crippen LogP contribution in [0.15, 0.2) is 53.6 Å². The van der Waals surface area contributed by atoms with Crippen LogP contribution in [-0.2, 0) is 15.7 Å². The predicted octanol–water partition coefficient (Wildman–Crippen LogP) is 3.29. The molecule has 1 aliphatic rings. The number of fused-ring (bicyclic) bond motifs is 6. The summed E-state index contributed by atoms with van der Waals surface area (Å²) in [6, 6.07) is 10.9. The van der Waals surface area contributed by atoms with E-state index in [2.05, 4.69) is 9.71 Å². The van der Waals surface area contributed by atoms with E-state index < -0.39 is 28.6 Å². The first-order chi connectivity index (χ1) is 14.4. The highest BCUT2D eigenvalue weighted by molar-refractivity contribution is 7.86. The molecular formula is C20H15F2N3O4S. The molecule has 0 aliphatic carbocycles. The van der Waals surface area contributed by atoms with Crippen molar-refractivity contribution < 1.29 is 27.3 Å². The minimum Gasteiger partial charge on any atom is -0.489 e. The van der Waals surface area contributed by atoms with Gasteiger partial charge >= 0.3 is 5.97 Å². The Morgan fingerprint density at radius 3 is 2.60 bits per heavy atom. The van der Waals surface area contributed by atoms with Crippen molar-refractivity contribution in [3.05, 3.63) is 65.7 Å². The van der Waals surface area contributed by atoms with Crippen molar-refractivity contribution in [2.75, 3.05) is 23.7 Å². The van der Waals surface area contributed by atoms with E-state index >= 15 is 0 Å². The summed E-state index contributed by atoms with van der Waals surface area (Å²) in [5, 5.41) is -0.112. The van der Waals surface area contributed by atoms with E-state index in [9.17, 15) is 17.8 Å². The predicted molar refractivity (Wildman–Crippen MR) is 106 cm³/mol. The third-order valence-corrected chi connectivity index (χ3v) is 5.25. The van der Waals surface area contributed by atoms with Gasteiger partial charge in [-0.05, 0) is 24.3 Å². The van der Waals surface area contributed by atoms with Crippen molar-refractivity contribution >= 4 is 28.5 Å². The first-order valence-corrected chi connectivity index (χ1v) is 9.92. The Hall–Kier alpha value is -3.53. The van der Waals surface area contributed by atoms with Crippen LogP contribution in [0.4, 0.5) is 20.3 Å². The maximum absolute atomic E-state index is 14.6. The molecule has 0 saturated carbocycles. The van der Waals surface area contributed by atoms with Gasteiger partial charge in [0.25, 0.3) is 0 Å². The lowest BCUT2D eigenvalue weighted by Gasteiger charge is -2.14. The minimum atomic E-state index is -2.09. The number of hydrogen-bond donors (Lipinski definition) is 2. The molecule has 154 valence electrons. The summed E-state index contributed by atoms with van der Waals surface area (Å²) < 4.78 is 54.9. The van der Waals surface area contributed by atoms with Gasteiger partial charge in [-0.2, -0.15) is 0 Å². The molecular weight excluding hydrogens is 416 g/mol. The fourth-order valence-corrected chi connectivity index (χ4v) is 3.79. The van der Waals surface area contributed by atoms with Crippen LogP contribution in [0, 0.1) is 11.6 Å². The molecule has 0 amide bonds. The van der Waals surface area contributed by atoms with Crippen molar-refractivity contribution in [1.29, 1.82) is 0 Å². The van der Waals surface area contributed by atoms with Gasteiger partial charge in [0.1, 0.15) is 36.4 Å². The highest BCUT2D eigenvalue weighted by Gasteiger charge is 2.19. The zero-order valence-electron chi connectivity index (χ0n) is 15.4. The van der Waals surface area contributed by atoms with Crippen LogP contribution < -0.4 is 15.2 Å². The molecule has 30 heavy (non-hydrogen) atoms. The number of esters is 1. The van der Waals surface area contributed by atoms with Crippen molar-refractivity contribution in [1.82, 2.24) is 4.98 Å². The Kier molecular flexibility index (Phi) is 5.32. The van der Waals surface area contributed by atoms with Crippen LogP contribution in [0.3, 0.4) is 0 Å². The highest BCUT2D eigenvalue weighted by atomic mass is 32.2.